The molecule has 0 saturated heterocycles. The van der Waals surface area contributed by atoms with Gasteiger partial charge >= 0.3 is 0 Å². The van der Waals surface area contributed by atoms with Gasteiger partial charge in [-0.3, -0.25) is 9.69 Å². The number of anilines is 1. The summed E-state index contributed by atoms with van der Waals surface area (Å²) in [7, 11) is 2.06. The van der Waals surface area contributed by atoms with Crippen molar-refractivity contribution in [1.82, 2.24) is 10.2 Å². The van der Waals surface area contributed by atoms with Crippen LogP contribution in [0.25, 0.3) is 0 Å². The van der Waals surface area contributed by atoms with Gasteiger partial charge in [0.2, 0.25) is 0 Å². The lowest BCUT2D eigenvalue weighted by Gasteiger charge is -2.24. The summed E-state index contributed by atoms with van der Waals surface area (Å²) in [6.45, 7) is 4.16. The number of benzene rings is 1. The fraction of sp³-hybridized carbons (Fsp3) is 0.533. The van der Waals surface area contributed by atoms with Crippen LogP contribution in [-0.2, 0) is 0 Å². The van der Waals surface area contributed by atoms with Crippen LogP contribution in [0.5, 0.6) is 0 Å². The first-order valence-electron chi connectivity index (χ1n) is 6.96. The molecule has 0 aromatic heterocycles. The third kappa shape index (κ3) is 3.28. The zero-order chi connectivity index (χ0) is 14.9. The molecule has 1 aromatic carbocycles. The van der Waals surface area contributed by atoms with Crippen LogP contribution in [0.4, 0.5) is 10.1 Å². The molecular weight excluding hydrogens is 257 g/mol. The molecule has 110 valence electrons. The summed E-state index contributed by atoms with van der Waals surface area (Å²) in [4.78, 5) is 14.3. The normalized spacial score (nSPS) is 16.2. The molecule has 4 nitrogen and oxygen atoms in total. The molecule has 2 rings (SSSR count). The average molecular weight is 279 g/mol. The van der Waals surface area contributed by atoms with E-state index in [1.54, 1.807) is 6.92 Å². The van der Waals surface area contributed by atoms with Gasteiger partial charge in [-0.2, -0.15) is 0 Å². The molecule has 1 atom stereocenters. The molecule has 0 spiro atoms. The van der Waals surface area contributed by atoms with Crippen molar-refractivity contribution >= 4 is 11.6 Å². The van der Waals surface area contributed by atoms with Crippen molar-refractivity contribution in [3.8, 4) is 0 Å². The second-order valence-corrected chi connectivity index (χ2v) is 5.66. The Bertz CT molecular complexity index is 514. The lowest BCUT2D eigenvalue weighted by atomic mass is 10.1. The van der Waals surface area contributed by atoms with Crippen molar-refractivity contribution in [2.24, 2.45) is 0 Å². The van der Waals surface area contributed by atoms with E-state index in [9.17, 15) is 9.18 Å². The number of carbonyl (C=O) groups excluding carboxylic acids is 1. The zero-order valence-electron chi connectivity index (χ0n) is 12.2. The minimum absolute atomic E-state index is 0.0174. The molecule has 1 fully saturated rings. The van der Waals surface area contributed by atoms with Gasteiger partial charge in [-0.25, -0.2) is 4.39 Å². The summed E-state index contributed by atoms with van der Waals surface area (Å²) >= 11 is 0. The molecule has 0 bridgehead atoms. The molecule has 1 saturated carbocycles. The first-order valence-corrected chi connectivity index (χ1v) is 6.96. The van der Waals surface area contributed by atoms with E-state index in [-0.39, 0.29) is 11.6 Å². The van der Waals surface area contributed by atoms with Crippen molar-refractivity contribution in [3.63, 3.8) is 0 Å². The molecule has 1 unspecified atom stereocenters. The van der Waals surface area contributed by atoms with Crippen LogP contribution in [0.1, 0.15) is 35.7 Å². The Kier molecular flexibility index (Phi) is 4.28. The number of nitrogens with two attached hydrogens (primary N) is 1. The first-order chi connectivity index (χ1) is 9.40. The number of carbonyl (C=O) groups is 1. The summed E-state index contributed by atoms with van der Waals surface area (Å²) in [5.41, 5.74) is 6.47. The standard InChI is InChI=1S/C15H22FN3O/c1-9-6-11(17)7-13(14(9)16)15(20)18-8-10(2)19(3)12-4-5-12/h6-7,10,12H,4-5,8,17H2,1-3H3,(H,18,20). The van der Waals surface area contributed by atoms with E-state index in [1.807, 2.05) is 0 Å². The van der Waals surface area contributed by atoms with E-state index in [4.69, 9.17) is 5.73 Å². The maximum atomic E-state index is 13.9. The van der Waals surface area contributed by atoms with Crippen LogP contribution in [0.15, 0.2) is 12.1 Å². The minimum Gasteiger partial charge on any atom is -0.399 e. The Morgan fingerprint density at radius 1 is 1.55 bits per heavy atom. The van der Waals surface area contributed by atoms with Crippen molar-refractivity contribution in [1.29, 1.82) is 0 Å². The Morgan fingerprint density at radius 3 is 2.80 bits per heavy atom. The molecule has 0 radical (unpaired) electrons. The van der Waals surface area contributed by atoms with Crippen LogP contribution >= 0.6 is 0 Å². The van der Waals surface area contributed by atoms with E-state index >= 15 is 0 Å². The largest absolute Gasteiger partial charge is 0.399 e. The van der Waals surface area contributed by atoms with E-state index in [1.165, 1.54) is 25.0 Å². The number of amides is 1. The summed E-state index contributed by atoms with van der Waals surface area (Å²) in [6.07, 6.45) is 2.44. The highest BCUT2D eigenvalue weighted by atomic mass is 19.1. The molecular formula is C15H22FN3O. The van der Waals surface area contributed by atoms with E-state index in [2.05, 4.69) is 24.2 Å². The van der Waals surface area contributed by atoms with Gasteiger partial charge in [0.1, 0.15) is 5.82 Å². The molecule has 5 heteroatoms. The Labute approximate surface area is 119 Å². The van der Waals surface area contributed by atoms with Gasteiger partial charge in [-0.15, -0.1) is 0 Å². The van der Waals surface area contributed by atoms with Crippen molar-refractivity contribution in [2.45, 2.75) is 38.8 Å². The third-order valence-electron chi connectivity index (χ3n) is 3.90. The molecule has 1 aromatic rings. The number of hydrogen-bond acceptors (Lipinski definition) is 3. The van der Waals surface area contributed by atoms with Gasteiger partial charge in [0.15, 0.2) is 0 Å². The minimum atomic E-state index is -0.500. The number of rotatable bonds is 5. The Balaban J connectivity index is 1.98. The number of halogens is 1. The smallest absolute Gasteiger partial charge is 0.254 e. The van der Waals surface area contributed by atoms with Crippen LogP contribution in [-0.4, -0.2) is 36.5 Å². The SMILES string of the molecule is Cc1cc(N)cc(C(=O)NCC(C)N(C)C2CC2)c1F. The highest BCUT2D eigenvalue weighted by molar-refractivity contribution is 5.95. The second-order valence-electron chi connectivity index (χ2n) is 5.66. The molecule has 3 N–H and O–H groups in total. The van der Waals surface area contributed by atoms with Gasteiger partial charge in [0, 0.05) is 24.3 Å². The number of aryl methyl sites for hydroxylation is 1. The monoisotopic (exact) mass is 279 g/mol. The van der Waals surface area contributed by atoms with Crippen LogP contribution in [0, 0.1) is 12.7 Å². The van der Waals surface area contributed by atoms with Crippen LogP contribution in [0.2, 0.25) is 0 Å². The van der Waals surface area contributed by atoms with Crippen LogP contribution in [0.3, 0.4) is 0 Å². The number of nitrogens with one attached hydrogen (secondary N) is 1. The van der Waals surface area contributed by atoms with Gasteiger partial charge in [-0.05, 0) is 51.4 Å². The highest BCUT2D eigenvalue weighted by Crippen LogP contribution is 2.26. The van der Waals surface area contributed by atoms with Crippen molar-refractivity contribution < 1.29 is 9.18 Å². The summed E-state index contributed by atoms with van der Waals surface area (Å²) < 4.78 is 13.9. The second kappa shape index (κ2) is 5.79. The number of likely N-dealkylation sites (N-methyl/N-ethyl adjacent to an activating group) is 1. The van der Waals surface area contributed by atoms with Gasteiger partial charge in [0.05, 0.1) is 5.56 Å². The quantitative estimate of drug-likeness (QED) is 0.810. The maximum Gasteiger partial charge on any atom is 0.254 e. The maximum absolute atomic E-state index is 13.9. The van der Waals surface area contributed by atoms with Gasteiger partial charge in [-0.1, -0.05) is 0 Å². The number of hydrogen-bond donors (Lipinski definition) is 2. The molecule has 1 aliphatic carbocycles. The molecule has 1 aliphatic rings. The van der Waals surface area contributed by atoms with Gasteiger partial charge in [0.25, 0.3) is 5.91 Å². The first kappa shape index (κ1) is 14.8. The lowest BCUT2D eigenvalue weighted by Crippen LogP contribution is -2.41. The highest BCUT2D eigenvalue weighted by Gasteiger charge is 2.29. The van der Waals surface area contributed by atoms with Crippen molar-refractivity contribution in [3.05, 3.63) is 29.1 Å². The van der Waals surface area contributed by atoms with E-state index < -0.39 is 11.7 Å². The molecule has 20 heavy (non-hydrogen) atoms. The summed E-state index contributed by atoms with van der Waals surface area (Å²) in [5, 5.41) is 2.78. The fourth-order valence-corrected chi connectivity index (χ4v) is 2.28. The van der Waals surface area contributed by atoms with E-state index in [0.29, 0.717) is 23.8 Å². The third-order valence-corrected chi connectivity index (χ3v) is 3.90. The Hall–Kier alpha value is -1.62. The topological polar surface area (TPSA) is 58.4 Å². The average Bonchev–Trinajstić information content (AvgIpc) is 3.23. The number of nitrogen functional groups attached to an aromatic ring is 1. The summed E-state index contributed by atoms with van der Waals surface area (Å²) in [5.74, 6) is -0.908. The number of nitrogens with zero attached hydrogens (tertiary/aromatic N) is 1. The lowest BCUT2D eigenvalue weighted by molar-refractivity contribution is 0.0935. The van der Waals surface area contributed by atoms with Crippen molar-refractivity contribution in [2.75, 3.05) is 19.3 Å². The van der Waals surface area contributed by atoms with Crippen LogP contribution < -0.4 is 11.1 Å². The summed E-state index contributed by atoms with van der Waals surface area (Å²) in [6, 6.07) is 3.77. The fourth-order valence-electron chi connectivity index (χ4n) is 2.28. The predicted molar refractivity (Wildman–Crippen MR) is 78.1 cm³/mol. The zero-order valence-corrected chi connectivity index (χ0v) is 12.2. The Morgan fingerprint density at radius 2 is 2.20 bits per heavy atom. The molecule has 0 heterocycles. The van der Waals surface area contributed by atoms with E-state index in [0.717, 1.165) is 0 Å². The molecule has 0 aliphatic heterocycles. The van der Waals surface area contributed by atoms with Gasteiger partial charge < -0.3 is 11.1 Å². The molecule has 1 amide bonds. The predicted octanol–water partition coefficient (Wildman–Crippen LogP) is 1.93.